The third-order valence-corrected chi connectivity index (χ3v) is 7.12. The Hall–Kier alpha value is -4.03. The lowest BCUT2D eigenvalue weighted by Crippen LogP contribution is -2.50. The molecule has 3 atom stereocenters. The third kappa shape index (κ3) is 5.25. The van der Waals surface area contributed by atoms with Crippen LogP contribution in [0.1, 0.15) is 47.7 Å². The summed E-state index contributed by atoms with van der Waals surface area (Å²) >= 11 is 6.11. The number of hydrogen-bond donors (Lipinski definition) is 4. The number of anilines is 1. The number of halogens is 1. The van der Waals surface area contributed by atoms with Crippen LogP contribution in [0.5, 0.6) is 5.75 Å². The van der Waals surface area contributed by atoms with Crippen molar-refractivity contribution in [3.8, 4) is 11.8 Å². The number of fused-ring (bicyclic) bond motifs is 2. The summed E-state index contributed by atoms with van der Waals surface area (Å²) in [6.45, 7) is 0. The zero-order chi connectivity index (χ0) is 26.1. The highest BCUT2D eigenvalue weighted by Crippen LogP contribution is 2.37. The van der Waals surface area contributed by atoms with Gasteiger partial charge in [-0.2, -0.15) is 5.26 Å². The second kappa shape index (κ2) is 10.1. The molecule has 2 aromatic carbocycles. The summed E-state index contributed by atoms with van der Waals surface area (Å²) in [6.07, 6.45) is 2.55. The predicted octanol–water partition coefficient (Wildman–Crippen LogP) is 3.86. The number of rotatable bonds is 9. The van der Waals surface area contributed by atoms with Crippen molar-refractivity contribution in [3.05, 3.63) is 58.7 Å². The van der Waals surface area contributed by atoms with Crippen LogP contribution in [-0.4, -0.2) is 41.9 Å². The number of ether oxygens (including phenoxy) is 1. The normalized spacial score (nSPS) is 17.9. The quantitative estimate of drug-likeness (QED) is 0.340. The number of carbonyl (C=O) groups excluding carboxylic acids is 3. The van der Waals surface area contributed by atoms with Gasteiger partial charge in [-0.25, -0.2) is 0 Å². The SMILES string of the molecule is COc1cccc2[nH]c(C(=O)NC(CC3CC3)C(=O)NC(C#N)CC3C(=O)Nc4ccc(Cl)cc43)cc12. The molecule has 3 unspecified atom stereocenters. The van der Waals surface area contributed by atoms with Crippen LogP contribution in [0.4, 0.5) is 5.69 Å². The largest absolute Gasteiger partial charge is 0.496 e. The van der Waals surface area contributed by atoms with E-state index in [1.807, 2.05) is 12.1 Å². The van der Waals surface area contributed by atoms with Gasteiger partial charge in [0.2, 0.25) is 11.8 Å². The molecule has 10 heteroatoms. The van der Waals surface area contributed by atoms with Crippen molar-refractivity contribution in [3.63, 3.8) is 0 Å². The summed E-state index contributed by atoms with van der Waals surface area (Å²) in [4.78, 5) is 41.9. The number of nitriles is 1. The zero-order valence-electron chi connectivity index (χ0n) is 20.1. The Labute approximate surface area is 218 Å². The molecule has 0 radical (unpaired) electrons. The van der Waals surface area contributed by atoms with Gasteiger partial charge in [0.25, 0.3) is 5.91 Å². The lowest BCUT2D eigenvalue weighted by Gasteiger charge is -2.21. The maximum Gasteiger partial charge on any atom is 0.268 e. The fraction of sp³-hybridized carbons (Fsp3) is 0.333. The molecule has 2 heterocycles. The first-order chi connectivity index (χ1) is 17.9. The highest BCUT2D eigenvalue weighted by atomic mass is 35.5. The summed E-state index contributed by atoms with van der Waals surface area (Å²) in [5, 5.41) is 19.4. The Bertz CT molecular complexity index is 1420. The van der Waals surface area contributed by atoms with Crippen LogP contribution in [0.3, 0.4) is 0 Å². The summed E-state index contributed by atoms with van der Waals surface area (Å²) in [7, 11) is 1.56. The molecule has 1 fully saturated rings. The van der Waals surface area contributed by atoms with Gasteiger partial charge in [-0.05, 0) is 60.7 Å². The van der Waals surface area contributed by atoms with Crippen molar-refractivity contribution in [1.82, 2.24) is 15.6 Å². The smallest absolute Gasteiger partial charge is 0.268 e. The molecule has 3 amide bonds. The molecule has 1 saturated carbocycles. The van der Waals surface area contributed by atoms with Crippen LogP contribution < -0.4 is 20.7 Å². The Morgan fingerprint density at radius 1 is 1.19 bits per heavy atom. The number of hydrogen-bond acceptors (Lipinski definition) is 5. The lowest BCUT2D eigenvalue weighted by atomic mass is 9.93. The minimum atomic E-state index is -0.927. The maximum atomic E-state index is 13.2. The van der Waals surface area contributed by atoms with Crippen LogP contribution in [0.15, 0.2) is 42.5 Å². The Balaban J connectivity index is 1.29. The molecule has 5 rings (SSSR count). The topological polar surface area (TPSA) is 136 Å². The van der Waals surface area contributed by atoms with Crippen LogP contribution in [0.25, 0.3) is 10.9 Å². The van der Waals surface area contributed by atoms with E-state index in [9.17, 15) is 19.6 Å². The molecule has 0 saturated heterocycles. The summed E-state index contributed by atoms with van der Waals surface area (Å²) in [5.41, 5.74) is 2.40. The van der Waals surface area contributed by atoms with E-state index in [0.717, 1.165) is 23.7 Å². The molecule has 1 aliphatic heterocycles. The summed E-state index contributed by atoms with van der Waals surface area (Å²) < 4.78 is 5.37. The van der Waals surface area contributed by atoms with Crippen molar-refractivity contribution in [2.24, 2.45) is 5.92 Å². The van der Waals surface area contributed by atoms with Gasteiger partial charge in [0.1, 0.15) is 23.5 Å². The minimum absolute atomic E-state index is 0.0906. The van der Waals surface area contributed by atoms with Crippen molar-refractivity contribution >= 4 is 45.9 Å². The number of nitrogens with zero attached hydrogens (tertiary/aromatic N) is 1. The first-order valence-electron chi connectivity index (χ1n) is 12.1. The standard InChI is InChI=1S/C27H26ClN5O4/c1-37-24-4-2-3-20-19(24)12-23(31-20)27(36)33-22(9-14-5-6-14)26(35)30-16(13-29)11-18-17-10-15(28)7-8-21(17)32-25(18)34/h2-4,7-8,10,12,14,16,18,22,31H,5-6,9,11H2,1H3,(H,30,35)(H,32,34)(H,33,36). The van der Waals surface area contributed by atoms with Crippen LogP contribution >= 0.6 is 11.6 Å². The lowest BCUT2D eigenvalue weighted by molar-refractivity contribution is -0.124. The van der Waals surface area contributed by atoms with Gasteiger partial charge in [-0.15, -0.1) is 0 Å². The Kier molecular flexibility index (Phi) is 6.76. The number of methoxy groups -OCH3 is 1. The maximum absolute atomic E-state index is 13.2. The van der Waals surface area contributed by atoms with Gasteiger partial charge in [-0.3, -0.25) is 14.4 Å². The molecule has 1 aromatic heterocycles. The number of aromatic amines is 1. The average molecular weight is 520 g/mol. The number of nitrogens with one attached hydrogen (secondary N) is 4. The van der Waals surface area contributed by atoms with E-state index in [0.29, 0.717) is 40.1 Å². The van der Waals surface area contributed by atoms with E-state index in [2.05, 4.69) is 27.0 Å². The first-order valence-corrected chi connectivity index (χ1v) is 12.5. The van der Waals surface area contributed by atoms with Crippen LogP contribution in [-0.2, 0) is 9.59 Å². The van der Waals surface area contributed by atoms with Gasteiger partial charge in [0.15, 0.2) is 0 Å². The monoisotopic (exact) mass is 519 g/mol. The second-order valence-electron chi connectivity index (χ2n) is 9.51. The van der Waals surface area contributed by atoms with E-state index in [1.54, 1.807) is 37.4 Å². The molecular weight excluding hydrogens is 494 g/mol. The van der Waals surface area contributed by atoms with Gasteiger partial charge in [0, 0.05) is 21.6 Å². The first kappa shape index (κ1) is 24.7. The van der Waals surface area contributed by atoms with Gasteiger partial charge >= 0.3 is 0 Å². The summed E-state index contributed by atoms with van der Waals surface area (Å²) in [6, 6.07) is 12.6. The molecule has 2 aliphatic rings. The molecule has 0 spiro atoms. The highest BCUT2D eigenvalue weighted by Gasteiger charge is 2.35. The number of amides is 3. The van der Waals surface area contributed by atoms with Crippen molar-refractivity contribution < 1.29 is 19.1 Å². The fourth-order valence-corrected chi connectivity index (χ4v) is 4.95. The van der Waals surface area contributed by atoms with Crippen LogP contribution in [0, 0.1) is 17.2 Å². The number of carbonyl (C=O) groups is 3. The molecule has 3 aromatic rings. The third-order valence-electron chi connectivity index (χ3n) is 6.88. The Morgan fingerprint density at radius 3 is 2.73 bits per heavy atom. The minimum Gasteiger partial charge on any atom is -0.496 e. The second-order valence-corrected chi connectivity index (χ2v) is 9.95. The van der Waals surface area contributed by atoms with E-state index >= 15 is 0 Å². The highest BCUT2D eigenvalue weighted by molar-refractivity contribution is 6.31. The molecular formula is C27H26ClN5O4. The van der Waals surface area contributed by atoms with Crippen molar-refractivity contribution in [1.29, 1.82) is 5.26 Å². The predicted molar refractivity (Wildman–Crippen MR) is 138 cm³/mol. The van der Waals surface area contributed by atoms with Crippen LogP contribution in [0.2, 0.25) is 5.02 Å². The molecule has 4 N–H and O–H groups in total. The number of benzene rings is 2. The van der Waals surface area contributed by atoms with E-state index in [4.69, 9.17) is 16.3 Å². The van der Waals surface area contributed by atoms with Gasteiger partial charge in [-0.1, -0.05) is 30.5 Å². The average Bonchev–Trinajstić information content (AvgIpc) is 3.51. The summed E-state index contributed by atoms with van der Waals surface area (Å²) in [5.74, 6) is -0.762. The van der Waals surface area contributed by atoms with E-state index in [1.165, 1.54) is 0 Å². The molecule has 37 heavy (non-hydrogen) atoms. The molecule has 1 aliphatic carbocycles. The van der Waals surface area contributed by atoms with E-state index in [-0.39, 0.29) is 12.3 Å². The van der Waals surface area contributed by atoms with Crippen molar-refractivity contribution in [2.45, 2.75) is 43.7 Å². The van der Waals surface area contributed by atoms with E-state index < -0.39 is 29.8 Å². The van der Waals surface area contributed by atoms with Crippen molar-refractivity contribution in [2.75, 3.05) is 12.4 Å². The molecule has 9 nitrogen and oxygen atoms in total. The molecule has 0 bridgehead atoms. The number of H-pyrrole nitrogens is 1. The van der Waals surface area contributed by atoms with Gasteiger partial charge < -0.3 is 25.7 Å². The number of aromatic nitrogens is 1. The molecule has 190 valence electrons. The van der Waals surface area contributed by atoms with Gasteiger partial charge in [0.05, 0.1) is 19.1 Å². The zero-order valence-corrected chi connectivity index (χ0v) is 20.9. The Morgan fingerprint density at radius 2 is 2.00 bits per heavy atom. The fourth-order valence-electron chi connectivity index (χ4n) is 4.76.